The molecule has 2 atom stereocenters. The van der Waals surface area contributed by atoms with E-state index < -0.39 is 5.97 Å². The Morgan fingerprint density at radius 2 is 1.79 bits per heavy atom. The smallest absolute Gasteiger partial charge is 0.335 e. The summed E-state index contributed by atoms with van der Waals surface area (Å²) in [5.41, 5.74) is 3.32. The van der Waals surface area contributed by atoms with E-state index in [1.807, 2.05) is 18.2 Å². The molecule has 3 aromatic rings. The number of benzene rings is 1. The van der Waals surface area contributed by atoms with Gasteiger partial charge in [-0.25, -0.2) is 9.78 Å². The number of halogens is 2. The van der Waals surface area contributed by atoms with Crippen LogP contribution >= 0.6 is 23.2 Å². The van der Waals surface area contributed by atoms with Gasteiger partial charge in [0.2, 0.25) is 0 Å². The molecule has 2 bridgehead atoms. The van der Waals surface area contributed by atoms with Gasteiger partial charge in [0.15, 0.2) is 0 Å². The van der Waals surface area contributed by atoms with Crippen molar-refractivity contribution in [1.82, 2.24) is 15.0 Å². The first kappa shape index (κ1) is 25.4. The Labute approximate surface area is 238 Å². The van der Waals surface area contributed by atoms with E-state index in [1.54, 1.807) is 18.3 Å². The highest BCUT2D eigenvalue weighted by molar-refractivity contribution is 6.39. The fraction of sp³-hybridized carbons (Fsp3) is 0.500. The summed E-state index contributed by atoms with van der Waals surface area (Å²) < 4.78 is 5.90. The van der Waals surface area contributed by atoms with Crippen LogP contribution in [0, 0.1) is 5.41 Å². The number of nitrogens with zero attached hydrogens (tertiary/aromatic N) is 4. The Bertz CT molecular complexity index is 1400. The SMILES string of the molecule is CN(Cc1c(-c2c(Cl)cccc2Cl)noc1C1CC1)C1CC2(C1)CC1CCC(C2)N1c1cc(C(=O)O)ccn1. The molecule has 0 amide bonds. The molecule has 2 aliphatic heterocycles. The average molecular weight is 568 g/mol. The molecule has 2 unspecified atom stereocenters. The molecule has 2 saturated heterocycles. The Morgan fingerprint density at radius 1 is 1.10 bits per heavy atom. The summed E-state index contributed by atoms with van der Waals surface area (Å²) >= 11 is 13.1. The largest absolute Gasteiger partial charge is 0.478 e. The Kier molecular flexibility index (Phi) is 6.18. The average Bonchev–Trinajstić information content (AvgIpc) is 3.60. The molecule has 204 valence electrons. The number of rotatable bonds is 7. The molecule has 4 fully saturated rings. The third-order valence-corrected chi connectivity index (χ3v) is 10.2. The number of carbonyl (C=O) groups is 1. The van der Waals surface area contributed by atoms with Crippen molar-refractivity contribution in [1.29, 1.82) is 0 Å². The minimum Gasteiger partial charge on any atom is -0.478 e. The van der Waals surface area contributed by atoms with Crippen LogP contribution in [0.3, 0.4) is 0 Å². The van der Waals surface area contributed by atoms with Crippen molar-refractivity contribution in [2.45, 2.75) is 82.0 Å². The molecule has 2 aliphatic carbocycles. The van der Waals surface area contributed by atoms with E-state index in [1.165, 1.54) is 12.8 Å². The molecule has 4 heterocycles. The van der Waals surface area contributed by atoms with Gasteiger partial charge >= 0.3 is 5.97 Å². The lowest BCUT2D eigenvalue weighted by Gasteiger charge is -2.57. The number of pyridine rings is 1. The molecular formula is C30H32Cl2N4O3. The zero-order valence-electron chi connectivity index (χ0n) is 21.9. The van der Waals surface area contributed by atoms with Crippen LogP contribution in [-0.2, 0) is 6.54 Å². The van der Waals surface area contributed by atoms with Crippen molar-refractivity contribution in [2.24, 2.45) is 5.41 Å². The van der Waals surface area contributed by atoms with E-state index in [0.717, 1.165) is 73.5 Å². The second-order valence-electron chi connectivity index (χ2n) is 12.1. The van der Waals surface area contributed by atoms with Gasteiger partial charge in [-0.3, -0.25) is 4.90 Å². The molecule has 1 spiro atoms. The van der Waals surface area contributed by atoms with Crippen molar-refractivity contribution in [3.05, 3.63) is 63.5 Å². The van der Waals surface area contributed by atoms with E-state index in [2.05, 4.69) is 27.0 Å². The molecule has 0 radical (unpaired) electrons. The summed E-state index contributed by atoms with van der Waals surface area (Å²) in [6, 6.07) is 10.2. The number of hydrogen-bond acceptors (Lipinski definition) is 6. The highest BCUT2D eigenvalue weighted by atomic mass is 35.5. The van der Waals surface area contributed by atoms with Gasteiger partial charge in [0.1, 0.15) is 17.3 Å². The van der Waals surface area contributed by atoms with E-state index in [4.69, 9.17) is 27.7 Å². The normalized spacial score (nSPS) is 27.8. The van der Waals surface area contributed by atoms with Gasteiger partial charge in [0.05, 0.1) is 15.6 Å². The number of aromatic nitrogens is 2. The van der Waals surface area contributed by atoms with Gasteiger partial charge < -0.3 is 14.5 Å². The number of anilines is 1. The van der Waals surface area contributed by atoms with Crippen molar-refractivity contribution in [3.8, 4) is 11.3 Å². The first-order valence-corrected chi connectivity index (χ1v) is 14.7. The van der Waals surface area contributed by atoms with Crippen LogP contribution in [0.25, 0.3) is 11.3 Å². The molecule has 7 nitrogen and oxygen atoms in total. The topological polar surface area (TPSA) is 82.7 Å². The molecule has 1 N–H and O–H groups in total. The fourth-order valence-electron chi connectivity index (χ4n) is 7.54. The lowest BCUT2D eigenvalue weighted by atomic mass is 9.58. The first-order chi connectivity index (χ1) is 18.8. The number of aromatic carboxylic acids is 1. The van der Waals surface area contributed by atoms with E-state index in [9.17, 15) is 9.90 Å². The highest BCUT2D eigenvalue weighted by Crippen LogP contribution is 2.58. The van der Waals surface area contributed by atoms with Crippen LogP contribution in [0.15, 0.2) is 41.1 Å². The number of carboxylic acid groups (broad SMARTS) is 1. The number of fused-ring (bicyclic) bond motifs is 2. The minimum atomic E-state index is -0.901. The van der Waals surface area contributed by atoms with E-state index in [0.29, 0.717) is 45.1 Å². The van der Waals surface area contributed by atoms with E-state index >= 15 is 0 Å². The molecule has 39 heavy (non-hydrogen) atoms. The molecule has 9 heteroatoms. The second kappa shape index (κ2) is 9.50. The van der Waals surface area contributed by atoms with Crippen LogP contribution in [0.4, 0.5) is 5.82 Å². The summed E-state index contributed by atoms with van der Waals surface area (Å²) in [7, 11) is 2.21. The van der Waals surface area contributed by atoms with Crippen LogP contribution in [0.1, 0.15) is 79.0 Å². The zero-order chi connectivity index (χ0) is 26.9. The summed E-state index contributed by atoms with van der Waals surface area (Å²) in [5.74, 6) is 1.35. The Morgan fingerprint density at radius 3 is 2.44 bits per heavy atom. The molecular weight excluding hydrogens is 535 g/mol. The van der Waals surface area contributed by atoms with Crippen LogP contribution < -0.4 is 4.90 Å². The van der Waals surface area contributed by atoms with Crippen LogP contribution in [0.5, 0.6) is 0 Å². The van der Waals surface area contributed by atoms with Gasteiger partial charge in [-0.05, 0) is 88.1 Å². The van der Waals surface area contributed by atoms with Crippen LogP contribution in [0.2, 0.25) is 10.0 Å². The minimum absolute atomic E-state index is 0.307. The third kappa shape index (κ3) is 4.43. The predicted molar refractivity (Wildman–Crippen MR) is 151 cm³/mol. The Hall–Kier alpha value is -2.61. The molecule has 7 rings (SSSR count). The molecule has 1 aromatic carbocycles. The lowest BCUT2D eigenvalue weighted by Crippen LogP contribution is -2.57. The Balaban J connectivity index is 1.06. The monoisotopic (exact) mass is 566 g/mol. The summed E-state index contributed by atoms with van der Waals surface area (Å²) in [6.45, 7) is 0.762. The molecule has 2 aromatic heterocycles. The van der Waals surface area contributed by atoms with E-state index in [-0.39, 0.29) is 0 Å². The van der Waals surface area contributed by atoms with Gasteiger partial charge in [-0.15, -0.1) is 0 Å². The zero-order valence-corrected chi connectivity index (χ0v) is 23.5. The van der Waals surface area contributed by atoms with Crippen molar-refractivity contribution in [3.63, 3.8) is 0 Å². The third-order valence-electron chi connectivity index (χ3n) is 9.55. The maximum absolute atomic E-state index is 11.5. The fourth-order valence-corrected chi connectivity index (χ4v) is 8.11. The first-order valence-electron chi connectivity index (χ1n) is 13.9. The van der Waals surface area contributed by atoms with Crippen molar-refractivity contribution in [2.75, 3.05) is 11.9 Å². The van der Waals surface area contributed by atoms with Crippen LogP contribution in [-0.4, -0.2) is 51.3 Å². The number of piperidine rings is 1. The maximum atomic E-state index is 11.5. The van der Waals surface area contributed by atoms with Crippen molar-refractivity contribution < 1.29 is 14.4 Å². The summed E-state index contributed by atoms with van der Waals surface area (Å²) in [5, 5.41) is 15.1. The number of hydrogen-bond donors (Lipinski definition) is 1. The van der Waals surface area contributed by atoms with Crippen molar-refractivity contribution >= 4 is 35.0 Å². The van der Waals surface area contributed by atoms with Gasteiger partial charge in [0, 0.05) is 47.9 Å². The van der Waals surface area contributed by atoms with Gasteiger partial charge in [-0.1, -0.05) is 34.4 Å². The summed E-state index contributed by atoms with van der Waals surface area (Å²) in [6.07, 6.45) is 10.9. The van der Waals surface area contributed by atoms with Gasteiger partial charge in [-0.2, -0.15) is 0 Å². The quantitative estimate of drug-likeness (QED) is 0.328. The molecule has 2 saturated carbocycles. The maximum Gasteiger partial charge on any atom is 0.335 e. The second-order valence-corrected chi connectivity index (χ2v) is 12.9. The highest BCUT2D eigenvalue weighted by Gasteiger charge is 2.55. The predicted octanol–water partition coefficient (Wildman–Crippen LogP) is 7.03. The lowest BCUT2D eigenvalue weighted by molar-refractivity contribution is -0.0200. The number of carboxylic acids is 1. The molecule has 4 aliphatic rings. The standard InChI is InChI=1S/C30H32Cl2N4O3/c1-35(16-22-27(34-39-28(22)17-5-6-17)26-23(31)3-2-4-24(26)32)21-14-30(15-21)12-19-7-8-20(13-30)36(19)25-11-18(29(37)38)9-10-33-25/h2-4,9-11,17,19-21H,5-8,12-16H2,1H3,(H,37,38). The summed E-state index contributed by atoms with van der Waals surface area (Å²) in [4.78, 5) is 20.9. The van der Waals surface area contributed by atoms with Gasteiger partial charge in [0.25, 0.3) is 0 Å².